The van der Waals surface area contributed by atoms with Crippen LogP contribution in [0.2, 0.25) is 5.02 Å². The maximum atomic E-state index is 14.2. The van der Waals surface area contributed by atoms with Gasteiger partial charge in [0.2, 0.25) is 0 Å². The molecule has 158 valence electrons. The minimum Gasteiger partial charge on any atom is -0.503 e. The van der Waals surface area contributed by atoms with E-state index < -0.39 is 23.7 Å². The fraction of sp³-hybridized carbons (Fsp3) is 0.150. The van der Waals surface area contributed by atoms with Crippen LogP contribution in [0.5, 0.6) is 5.75 Å². The van der Waals surface area contributed by atoms with Gasteiger partial charge in [0.05, 0.1) is 29.6 Å². The average Bonchev–Trinajstić information content (AvgIpc) is 3.16. The summed E-state index contributed by atoms with van der Waals surface area (Å²) in [5.41, 5.74) is 0.407. The van der Waals surface area contributed by atoms with Gasteiger partial charge in [-0.3, -0.25) is 9.78 Å². The number of benzene rings is 1. The number of aromatic hydroxyl groups is 1. The van der Waals surface area contributed by atoms with Crippen LogP contribution < -0.4 is 10.6 Å². The number of aromatic nitrogens is 3. The molecule has 3 aromatic rings. The summed E-state index contributed by atoms with van der Waals surface area (Å²) in [6.45, 7) is 0.236. The smallest absolute Gasteiger partial charge is 0.328 e. The van der Waals surface area contributed by atoms with E-state index in [0.29, 0.717) is 11.4 Å². The van der Waals surface area contributed by atoms with Crippen molar-refractivity contribution < 1.29 is 23.8 Å². The third-order valence-electron chi connectivity index (χ3n) is 4.50. The van der Waals surface area contributed by atoms with Crippen LogP contribution in [-0.4, -0.2) is 44.6 Å². The maximum absolute atomic E-state index is 14.2. The molecule has 2 aromatic heterocycles. The first kappa shape index (κ1) is 20.5. The van der Waals surface area contributed by atoms with Crippen LogP contribution in [0, 0.1) is 5.82 Å². The highest BCUT2D eigenvalue weighted by molar-refractivity contribution is 6.30. The molecule has 1 fully saturated rings. The van der Waals surface area contributed by atoms with Crippen molar-refractivity contribution in [3.63, 3.8) is 0 Å². The lowest BCUT2D eigenvalue weighted by Crippen LogP contribution is -2.38. The molecule has 3 heterocycles. The Hall–Kier alpha value is -3.79. The Morgan fingerprint density at radius 2 is 2.13 bits per heavy atom. The molecule has 1 aliphatic rings. The highest BCUT2D eigenvalue weighted by Crippen LogP contribution is 2.30. The Balaban J connectivity index is 1.63. The van der Waals surface area contributed by atoms with Gasteiger partial charge >= 0.3 is 5.97 Å². The first-order valence-electron chi connectivity index (χ1n) is 9.12. The standard InChI is InChI=1S/C20H15ClFN5O4/c21-10-1-2-13(22)11(7-10)17-24-9-16(28)18(27-17)25-14-3-5-23-8-12(14)19(29)26-15-4-6-31-20(15)30/h1-3,5,7-9,15,28H,4,6H2,(H,26,29)(H,23,24,25,27). The minimum absolute atomic E-state index is 0.0194. The quantitative estimate of drug-likeness (QED) is 0.514. The predicted octanol–water partition coefficient (Wildman–Crippen LogP) is 2.83. The number of pyridine rings is 1. The fourth-order valence-electron chi connectivity index (χ4n) is 2.94. The molecular formula is C20H15ClFN5O4. The molecule has 0 saturated carbocycles. The lowest BCUT2D eigenvalue weighted by Gasteiger charge is -2.14. The van der Waals surface area contributed by atoms with E-state index in [0.717, 1.165) is 6.20 Å². The molecule has 1 aliphatic heterocycles. The zero-order valence-electron chi connectivity index (χ0n) is 15.8. The second kappa shape index (κ2) is 8.52. The van der Waals surface area contributed by atoms with Crippen molar-refractivity contribution in [2.75, 3.05) is 11.9 Å². The van der Waals surface area contributed by atoms with E-state index in [-0.39, 0.29) is 40.8 Å². The van der Waals surface area contributed by atoms with Crippen LogP contribution in [-0.2, 0) is 9.53 Å². The number of ether oxygens (including phenoxy) is 1. The zero-order chi connectivity index (χ0) is 22.0. The lowest BCUT2D eigenvalue weighted by molar-refractivity contribution is -0.139. The van der Waals surface area contributed by atoms with E-state index in [1.54, 1.807) is 0 Å². The first-order valence-corrected chi connectivity index (χ1v) is 9.50. The molecule has 0 radical (unpaired) electrons. The summed E-state index contributed by atoms with van der Waals surface area (Å²) in [6, 6.07) is 4.68. The Labute approximate surface area is 180 Å². The predicted molar refractivity (Wildman–Crippen MR) is 108 cm³/mol. The average molecular weight is 444 g/mol. The van der Waals surface area contributed by atoms with Crippen LogP contribution in [0.25, 0.3) is 11.4 Å². The Kier molecular flexibility index (Phi) is 5.63. The third-order valence-corrected chi connectivity index (χ3v) is 4.73. The number of carbonyl (C=O) groups excluding carboxylic acids is 2. The van der Waals surface area contributed by atoms with Crippen LogP contribution in [0.15, 0.2) is 42.9 Å². The Morgan fingerprint density at radius 1 is 1.29 bits per heavy atom. The zero-order valence-corrected chi connectivity index (χ0v) is 16.6. The number of hydrogen-bond donors (Lipinski definition) is 3. The number of rotatable bonds is 5. The normalized spacial score (nSPS) is 15.4. The van der Waals surface area contributed by atoms with E-state index in [2.05, 4.69) is 25.6 Å². The van der Waals surface area contributed by atoms with Crippen molar-refractivity contribution in [2.24, 2.45) is 0 Å². The molecule has 1 saturated heterocycles. The molecule has 1 aromatic carbocycles. The van der Waals surface area contributed by atoms with Gasteiger partial charge in [-0.15, -0.1) is 0 Å². The number of anilines is 2. The van der Waals surface area contributed by atoms with Crippen molar-refractivity contribution >= 4 is 35.0 Å². The molecule has 1 atom stereocenters. The molecule has 31 heavy (non-hydrogen) atoms. The van der Waals surface area contributed by atoms with Gasteiger partial charge in [-0.1, -0.05) is 11.6 Å². The number of carbonyl (C=O) groups is 2. The topological polar surface area (TPSA) is 126 Å². The van der Waals surface area contributed by atoms with Gasteiger partial charge in [0.1, 0.15) is 11.9 Å². The van der Waals surface area contributed by atoms with Gasteiger partial charge in [-0.25, -0.2) is 19.2 Å². The number of cyclic esters (lactones) is 1. The number of nitrogens with one attached hydrogen (secondary N) is 2. The molecule has 9 nitrogen and oxygen atoms in total. The van der Waals surface area contributed by atoms with Gasteiger partial charge in [-0.2, -0.15) is 0 Å². The lowest BCUT2D eigenvalue weighted by atomic mass is 10.2. The summed E-state index contributed by atoms with van der Waals surface area (Å²) >= 11 is 5.93. The number of nitrogens with zero attached hydrogens (tertiary/aromatic N) is 3. The number of amides is 1. The summed E-state index contributed by atoms with van der Waals surface area (Å²) in [4.78, 5) is 36.3. The van der Waals surface area contributed by atoms with Crippen LogP contribution >= 0.6 is 11.6 Å². The van der Waals surface area contributed by atoms with E-state index in [9.17, 15) is 19.1 Å². The number of esters is 1. The highest BCUT2D eigenvalue weighted by atomic mass is 35.5. The molecule has 1 amide bonds. The number of hydrogen-bond acceptors (Lipinski definition) is 8. The van der Waals surface area contributed by atoms with Gasteiger partial charge in [-0.05, 0) is 24.3 Å². The summed E-state index contributed by atoms with van der Waals surface area (Å²) in [5, 5.41) is 15.9. The van der Waals surface area contributed by atoms with E-state index in [1.165, 1.54) is 36.7 Å². The fourth-order valence-corrected chi connectivity index (χ4v) is 3.11. The SMILES string of the molecule is O=C(NC1CCOC1=O)c1cnccc1Nc1nc(-c2cc(Cl)ccc2F)ncc1O. The second-order valence-corrected chi connectivity index (χ2v) is 7.02. The molecule has 4 rings (SSSR count). The maximum Gasteiger partial charge on any atom is 0.328 e. The van der Waals surface area contributed by atoms with Crippen molar-refractivity contribution in [1.29, 1.82) is 0 Å². The van der Waals surface area contributed by atoms with Crippen LogP contribution in [0.3, 0.4) is 0 Å². The molecular weight excluding hydrogens is 429 g/mol. The van der Waals surface area contributed by atoms with Crippen molar-refractivity contribution in [1.82, 2.24) is 20.3 Å². The molecule has 0 bridgehead atoms. The van der Waals surface area contributed by atoms with E-state index >= 15 is 0 Å². The summed E-state index contributed by atoms with van der Waals surface area (Å²) in [5.74, 6) is -2.07. The largest absolute Gasteiger partial charge is 0.503 e. The minimum atomic E-state index is -0.745. The summed E-state index contributed by atoms with van der Waals surface area (Å²) < 4.78 is 19.0. The monoisotopic (exact) mass is 443 g/mol. The van der Waals surface area contributed by atoms with Crippen molar-refractivity contribution in [3.8, 4) is 17.1 Å². The van der Waals surface area contributed by atoms with Crippen molar-refractivity contribution in [2.45, 2.75) is 12.5 Å². The van der Waals surface area contributed by atoms with Crippen LogP contribution in [0.4, 0.5) is 15.9 Å². The van der Waals surface area contributed by atoms with E-state index in [4.69, 9.17) is 16.3 Å². The van der Waals surface area contributed by atoms with Gasteiger partial charge < -0.3 is 20.5 Å². The molecule has 11 heteroatoms. The van der Waals surface area contributed by atoms with Crippen molar-refractivity contribution in [3.05, 3.63) is 59.3 Å². The molecule has 3 N–H and O–H groups in total. The third kappa shape index (κ3) is 4.38. The molecule has 0 aliphatic carbocycles. The van der Waals surface area contributed by atoms with Gasteiger partial charge in [0.25, 0.3) is 5.91 Å². The van der Waals surface area contributed by atoms with Gasteiger partial charge in [0.15, 0.2) is 17.4 Å². The van der Waals surface area contributed by atoms with E-state index in [1.807, 2.05) is 0 Å². The Bertz CT molecular complexity index is 1180. The first-order chi connectivity index (χ1) is 14.9. The second-order valence-electron chi connectivity index (χ2n) is 6.58. The van der Waals surface area contributed by atoms with Gasteiger partial charge in [0, 0.05) is 23.8 Å². The summed E-state index contributed by atoms with van der Waals surface area (Å²) in [6.07, 6.45) is 4.20. The highest BCUT2D eigenvalue weighted by Gasteiger charge is 2.29. The summed E-state index contributed by atoms with van der Waals surface area (Å²) in [7, 11) is 0. The molecule has 0 spiro atoms. The Morgan fingerprint density at radius 3 is 2.90 bits per heavy atom. The number of halogens is 2. The van der Waals surface area contributed by atoms with Crippen LogP contribution in [0.1, 0.15) is 16.8 Å². The molecule has 1 unspecified atom stereocenters.